The molecule has 2 heterocycles. The summed E-state index contributed by atoms with van der Waals surface area (Å²) >= 11 is 0. The molecule has 3 aliphatic rings. The number of piperidine rings is 1. The average molecular weight is 416 g/mol. The van der Waals surface area contributed by atoms with Crippen LogP contribution < -0.4 is 10.1 Å². The van der Waals surface area contributed by atoms with Crippen LogP contribution in [-0.4, -0.2) is 59.6 Å². The number of halogens is 1. The summed E-state index contributed by atoms with van der Waals surface area (Å²) in [5, 5.41) is 2.76. The monoisotopic (exact) mass is 415 g/mol. The Bertz CT molecular complexity index is 843. The van der Waals surface area contributed by atoms with E-state index in [-0.39, 0.29) is 30.6 Å². The van der Waals surface area contributed by atoms with Gasteiger partial charge in [-0.05, 0) is 62.4 Å². The number of nitrogens with zero attached hydrogens (tertiary/aromatic N) is 2. The number of ether oxygens (including phenoxy) is 1. The minimum absolute atomic E-state index is 0.0258. The Kier molecular flexibility index (Phi) is 6.09. The molecule has 0 radical (unpaired) electrons. The van der Waals surface area contributed by atoms with E-state index in [0.29, 0.717) is 37.2 Å². The highest BCUT2D eigenvalue weighted by molar-refractivity contribution is 6.01. The SMILES string of the molecule is C=C1CCC(N2Cc3cc(O[C@H]4CCC[C@@H]4N(CC)CCF)ccc3C2=O)C(=O)N1. The molecule has 2 aliphatic heterocycles. The van der Waals surface area contributed by atoms with Gasteiger partial charge in [-0.25, -0.2) is 4.39 Å². The number of rotatable bonds is 7. The van der Waals surface area contributed by atoms with Crippen LogP contribution in [-0.2, 0) is 11.3 Å². The Morgan fingerprint density at radius 2 is 2.13 bits per heavy atom. The molecule has 1 saturated carbocycles. The molecule has 162 valence electrons. The Hall–Kier alpha value is -2.41. The lowest BCUT2D eigenvalue weighted by atomic mass is 10.0. The van der Waals surface area contributed by atoms with E-state index in [4.69, 9.17) is 4.74 Å². The highest BCUT2D eigenvalue weighted by Crippen LogP contribution is 2.33. The van der Waals surface area contributed by atoms with E-state index in [1.54, 1.807) is 11.0 Å². The van der Waals surface area contributed by atoms with Crippen molar-refractivity contribution in [3.05, 3.63) is 41.6 Å². The van der Waals surface area contributed by atoms with E-state index in [1.165, 1.54) is 0 Å². The largest absolute Gasteiger partial charge is 0.489 e. The zero-order valence-corrected chi connectivity index (χ0v) is 17.5. The molecule has 1 aromatic carbocycles. The van der Waals surface area contributed by atoms with E-state index in [2.05, 4.69) is 23.7 Å². The number of likely N-dealkylation sites (N-methyl/N-ethyl adjacent to an activating group) is 1. The van der Waals surface area contributed by atoms with Gasteiger partial charge < -0.3 is 15.0 Å². The first kappa shape index (κ1) is 20.8. The van der Waals surface area contributed by atoms with Crippen LogP contribution in [0.3, 0.4) is 0 Å². The molecule has 1 unspecified atom stereocenters. The molecule has 1 aliphatic carbocycles. The van der Waals surface area contributed by atoms with Gasteiger partial charge in [0.2, 0.25) is 5.91 Å². The van der Waals surface area contributed by atoms with Crippen molar-refractivity contribution in [3.8, 4) is 5.75 Å². The number of carbonyl (C=O) groups is 2. The zero-order valence-electron chi connectivity index (χ0n) is 17.5. The topological polar surface area (TPSA) is 61.9 Å². The number of fused-ring (bicyclic) bond motifs is 1. The molecule has 2 amide bonds. The van der Waals surface area contributed by atoms with E-state index < -0.39 is 6.04 Å². The zero-order chi connectivity index (χ0) is 21.3. The van der Waals surface area contributed by atoms with Crippen LogP contribution in [0, 0.1) is 0 Å². The maximum Gasteiger partial charge on any atom is 0.255 e. The number of nitrogens with one attached hydrogen (secondary N) is 1. The van der Waals surface area contributed by atoms with Crippen molar-refractivity contribution in [2.75, 3.05) is 19.8 Å². The summed E-state index contributed by atoms with van der Waals surface area (Å²) in [6, 6.07) is 5.32. The second-order valence-corrected chi connectivity index (χ2v) is 8.37. The first-order valence-corrected chi connectivity index (χ1v) is 10.9. The van der Waals surface area contributed by atoms with Crippen molar-refractivity contribution in [1.29, 1.82) is 0 Å². The normalized spacial score (nSPS) is 26.3. The number of allylic oxidation sites excluding steroid dienone is 1. The predicted octanol–water partition coefficient (Wildman–Crippen LogP) is 3.03. The summed E-state index contributed by atoms with van der Waals surface area (Å²) < 4.78 is 19.2. The first-order valence-electron chi connectivity index (χ1n) is 10.9. The van der Waals surface area contributed by atoms with Crippen molar-refractivity contribution < 1.29 is 18.7 Å². The van der Waals surface area contributed by atoms with Gasteiger partial charge in [0.15, 0.2) is 0 Å². The number of benzene rings is 1. The van der Waals surface area contributed by atoms with Crippen molar-refractivity contribution in [2.24, 2.45) is 0 Å². The van der Waals surface area contributed by atoms with Crippen LogP contribution in [0.5, 0.6) is 5.75 Å². The summed E-state index contributed by atoms with van der Waals surface area (Å²) in [6.45, 7) is 7.15. The highest BCUT2D eigenvalue weighted by atomic mass is 19.1. The lowest BCUT2D eigenvalue weighted by molar-refractivity contribution is -0.126. The van der Waals surface area contributed by atoms with Crippen molar-refractivity contribution >= 4 is 11.8 Å². The van der Waals surface area contributed by atoms with Gasteiger partial charge in [0.1, 0.15) is 24.6 Å². The summed E-state index contributed by atoms with van der Waals surface area (Å²) in [4.78, 5) is 29.0. The highest BCUT2D eigenvalue weighted by Gasteiger charge is 2.38. The maximum atomic E-state index is 12.9. The third kappa shape index (κ3) is 3.95. The van der Waals surface area contributed by atoms with Crippen LogP contribution >= 0.6 is 0 Å². The number of carbonyl (C=O) groups excluding carboxylic acids is 2. The van der Waals surface area contributed by atoms with Gasteiger partial charge in [-0.3, -0.25) is 14.5 Å². The van der Waals surface area contributed by atoms with Crippen LogP contribution in [0.1, 0.15) is 54.9 Å². The van der Waals surface area contributed by atoms with E-state index in [0.717, 1.165) is 37.1 Å². The van der Waals surface area contributed by atoms with Crippen LogP contribution in [0.15, 0.2) is 30.5 Å². The Morgan fingerprint density at radius 3 is 2.87 bits per heavy atom. The standard InChI is InChI=1S/C23H30FN3O3/c1-3-26(12-11-24)19-5-4-6-21(19)30-17-8-9-18-16(13-17)14-27(23(18)29)20-10-7-15(2)25-22(20)28/h8-9,13,19-21H,2-7,10-12,14H2,1H3,(H,25,28)/t19-,20?,21-/m0/s1. The molecular weight excluding hydrogens is 385 g/mol. The van der Waals surface area contributed by atoms with Gasteiger partial charge in [-0.1, -0.05) is 13.5 Å². The summed E-state index contributed by atoms with van der Waals surface area (Å²) in [7, 11) is 0. The average Bonchev–Trinajstić information content (AvgIpc) is 3.30. The number of amides is 2. The van der Waals surface area contributed by atoms with Crippen LogP contribution in [0.2, 0.25) is 0 Å². The van der Waals surface area contributed by atoms with Crippen molar-refractivity contribution in [2.45, 2.75) is 63.8 Å². The summed E-state index contributed by atoms with van der Waals surface area (Å²) in [5.41, 5.74) is 2.23. The van der Waals surface area contributed by atoms with Gasteiger partial charge in [0, 0.05) is 30.4 Å². The molecule has 7 heteroatoms. The summed E-state index contributed by atoms with van der Waals surface area (Å²) in [6.07, 6.45) is 4.33. The van der Waals surface area contributed by atoms with E-state index in [1.807, 2.05) is 12.1 Å². The number of alkyl halides is 1. The molecule has 6 nitrogen and oxygen atoms in total. The van der Waals surface area contributed by atoms with Gasteiger partial charge in [-0.2, -0.15) is 0 Å². The fraction of sp³-hybridized carbons (Fsp3) is 0.565. The Balaban J connectivity index is 1.46. The fourth-order valence-corrected chi connectivity index (χ4v) is 5.01. The molecule has 0 spiro atoms. The molecule has 4 rings (SSSR count). The molecule has 0 aromatic heterocycles. The first-order chi connectivity index (χ1) is 14.5. The van der Waals surface area contributed by atoms with Crippen LogP contribution in [0.4, 0.5) is 4.39 Å². The van der Waals surface area contributed by atoms with Crippen LogP contribution in [0.25, 0.3) is 0 Å². The number of hydrogen-bond acceptors (Lipinski definition) is 4. The summed E-state index contributed by atoms with van der Waals surface area (Å²) in [5.74, 6) is 0.464. The third-order valence-electron chi connectivity index (χ3n) is 6.56. The third-order valence-corrected chi connectivity index (χ3v) is 6.56. The molecule has 30 heavy (non-hydrogen) atoms. The minimum Gasteiger partial charge on any atom is -0.489 e. The number of hydrogen-bond donors (Lipinski definition) is 1. The molecular formula is C23H30FN3O3. The molecule has 1 N–H and O–H groups in total. The quantitative estimate of drug-likeness (QED) is 0.744. The molecule has 1 saturated heterocycles. The maximum absolute atomic E-state index is 12.9. The molecule has 1 aromatic rings. The second-order valence-electron chi connectivity index (χ2n) is 8.37. The smallest absolute Gasteiger partial charge is 0.255 e. The Labute approximate surface area is 177 Å². The van der Waals surface area contributed by atoms with Gasteiger partial charge in [-0.15, -0.1) is 0 Å². The van der Waals surface area contributed by atoms with Gasteiger partial charge >= 0.3 is 0 Å². The second kappa shape index (κ2) is 8.76. The minimum atomic E-state index is -0.460. The van der Waals surface area contributed by atoms with Gasteiger partial charge in [0.05, 0.1) is 0 Å². The fourth-order valence-electron chi connectivity index (χ4n) is 5.01. The molecule has 0 bridgehead atoms. The Morgan fingerprint density at radius 1 is 1.30 bits per heavy atom. The molecule has 3 atom stereocenters. The lowest BCUT2D eigenvalue weighted by Gasteiger charge is -2.31. The van der Waals surface area contributed by atoms with Crippen molar-refractivity contribution in [3.63, 3.8) is 0 Å². The van der Waals surface area contributed by atoms with E-state index in [9.17, 15) is 14.0 Å². The van der Waals surface area contributed by atoms with Gasteiger partial charge in [0.25, 0.3) is 5.91 Å². The molecule has 2 fully saturated rings. The predicted molar refractivity (Wildman–Crippen MR) is 112 cm³/mol. The lowest BCUT2D eigenvalue weighted by Crippen LogP contribution is -2.49. The van der Waals surface area contributed by atoms with E-state index >= 15 is 0 Å². The van der Waals surface area contributed by atoms with Crippen molar-refractivity contribution in [1.82, 2.24) is 15.1 Å².